The number of hydrogen-bond acceptors (Lipinski definition) is 3. The molecule has 0 unspecified atom stereocenters. The van der Waals surface area contributed by atoms with Crippen molar-refractivity contribution >= 4 is 34.9 Å². The fourth-order valence-corrected chi connectivity index (χ4v) is 2.09. The maximum absolute atomic E-state index is 8.98. The molecule has 2 N–H and O–H groups in total. The van der Waals surface area contributed by atoms with E-state index in [9.17, 15) is 0 Å². The molecule has 110 valence electrons. The molecule has 0 saturated carbocycles. The second-order valence-corrected chi connectivity index (χ2v) is 5.33. The lowest BCUT2D eigenvalue weighted by Gasteiger charge is -2.08. The van der Waals surface area contributed by atoms with Crippen LogP contribution >= 0.6 is 23.8 Å². The number of thiocarbonyl (C=S) groups is 1. The monoisotopic (exact) mass is 328 g/mol. The summed E-state index contributed by atoms with van der Waals surface area (Å²) in [4.78, 5) is 0.0740. The van der Waals surface area contributed by atoms with Gasteiger partial charge in [-0.2, -0.15) is 5.26 Å². The molecule has 0 fully saturated rings. The first kappa shape index (κ1) is 16.0. The van der Waals surface area contributed by atoms with Crippen LogP contribution in [0.5, 0.6) is 5.75 Å². The second-order valence-electron chi connectivity index (χ2n) is 4.49. The normalized spacial score (nSPS) is 10.8. The molecule has 0 aliphatic rings. The van der Waals surface area contributed by atoms with Gasteiger partial charge in [-0.15, -0.1) is 0 Å². The Morgan fingerprint density at radius 2 is 2.05 bits per heavy atom. The van der Waals surface area contributed by atoms with Crippen molar-refractivity contribution < 1.29 is 4.74 Å². The van der Waals surface area contributed by atoms with Crippen LogP contribution in [0, 0.1) is 11.3 Å². The Morgan fingerprint density at radius 1 is 1.27 bits per heavy atom. The molecule has 0 radical (unpaired) electrons. The smallest absolute Gasteiger partial charge is 0.120 e. The Labute approximate surface area is 139 Å². The number of benzene rings is 2. The van der Waals surface area contributed by atoms with E-state index in [1.165, 1.54) is 0 Å². The Hall–Kier alpha value is -2.35. The Bertz CT molecular complexity index is 765. The predicted octanol–water partition coefficient (Wildman–Crippen LogP) is 4.11. The number of halogens is 1. The first-order chi connectivity index (χ1) is 10.6. The van der Waals surface area contributed by atoms with E-state index in [0.29, 0.717) is 17.4 Å². The minimum atomic E-state index is 0.0740. The molecular formula is C17H13ClN2OS. The maximum Gasteiger partial charge on any atom is 0.120 e. The zero-order chi connectivity index (χ0) is 15.9. The molecule has 2 rings (SSSR count). The van der Waals surface area contributed by atoms with Gasteiger partial charge >= 0.3 is 0 Å². The molecule has 0 saturated heterocycles. The molecule has 22 heavy (non-hydrogen) atoms. The molecule has 3 nitrogen and oxygen atoms in total. The lowest BCUT2D eigenvalue weighted by atomic mass is 10.1. The van der Waals surface area contributed by atoms with E-state index < -0.39 is 0 Å². The number of nitrogens with two attached hydrogens (primary N) is 1. The second kappa shape index (κ2) is 7.60. The standard InChI is InChI=1S/C17H13ClN2OS/c18-16-7-2-1-5-13(16)11-21-15-6-3-4-12(9-15)8-14(10-19)17(20)22/h1-9H,11H2,(H2,20,22)/b14-8+. The zero-order valence-corrected chi connectivity index (χ0v) is 13.2. The van der Waals surface area contributed by atoms with Gasteiger partial charge in [0, 0.05) is 10.6 Å². The lowest BCUT2D eigenvalue weighted by molar-refractivity contribution is 0.306. The first-order valence-corrected chi connectivity index (χ1v) is 7.26. The molecule has 0 aliphatic carbocycles. The highest BCUT2D eigenvalue weighted by Gasteiger charge is 2.03. The van der Waals surface area contributed by atoms with Crippen LogP contribution in [0.4, 0.5) is 0 Å². The van der Waals surface area contributed by atoms with Crippen LogP contribution in [0.1, 0.15) is 11.1 Å². The Kier molecular flexibility index (Phi) is 5.54. The molecule has 0 spiro atoms. The van der Waals surface area contributed by atoms with Crippen LogP contribution in [0.2, 0.25) is 5.02 Å². The van der Waals surface area contributed by atoms with Crippen molar-refractivity contribution in [2.45, 2.75) is 6.61 Å². The van der Waals surface area contributed by atoms with Gasteiger partial charge < -0.3 is 10.5 Å². The topological polar surface area (TPSA) is 59.0 Å². The molecule has 0 heterocycles. The predicted molar refractivity (Wildman–Crippen MR) is 92.6 cm³/mol. The average molecular weight is 329 g/mol. The lowest BCUT2D eigenvalue weighted by Crippen LogP contribution is -2.09. The van der Waals surface area contributed by atoms with Crippen molar-refractivity contribution in [3.8, 4) is 11.8 Å². The molecule has 0 bridgehead atoms. The van der Waals surface area contributed by atoms with Crippen LogP contribution in [0.15, 0.2) is 54.1 Å². The van der Waals surface area contributed by atoms with Crippen molar-refractivity contribution in [2.24, 2.45) is 5.73 Å². The van der Waals surface area contributed by atoms with Gasteiger partial charge in [0.1, 0.15) is 23.4 Å². The third-order valence-corrected chi connectivity index (χ3v) is 3.50. The highest BCUT2D eigenvalue weighted by atomic mass is 35.5. The van der Waals surface area contributed by atoms with Gasteiger partial charge in [-0.05, 0) is 29.8 Å². The van der Waals surface area contributed by atoms with Crippen molar-refractivity contribution in [1.29, 1.82) is 5.26 Å². The van der Waals surface area contributed by atoms with Crippen LogP contribution in [-0.2, 0) is 6.61 Å². The molecule has 0 aliphatic heterocycles. The summed E-state index contributed by atoms with van der Waals surface area (Å²) in [5.41, 5.74) is 7.44. The minimum absolute atomic E-state index is 0.0740. The van der Waals surface area contributed by atoms with Gasteiger partial charge in [0.2, 0.25) is 0 Å². The highest BCUT2D eigenvalue weighted by molar-refractivity contribution is 7.80. The Balaban J connectivity index is 2.14. The van der Waals surface area contributed by atoms with E-state index in [1.807, 2.05) is 54.6 Å². The van der Waals surface area contributed by atoms with Crippen molar-refractivity contribution in [3.05, 3.63) is 70.3 Å². The number of rotatable bonds is 5. The van der Waals surface area contributed by atoms with Crippen LogP contribution in [-0.4, -0.2) is 4.99 Å². The van der Waals surface area contributed by atoms with E-state index in [-0.39, 0.29) is 10.6 Å². The summed E-state index contributed by atoms with van der Waals surface area (Å²) in [7, 11) is 0. The maximum atomic E-state index is 8.98. The summed E-state index contributed by atoms with van der Waals surface area (Å²) in [6.45, 7) is 0.368. The Morgan fingerprint density at radius 3 is 2.73 bits per heavy atom. The van der Waals surface area contributed by atoms with Gasteiger partial charge in [-0.1, -0.05) is 54.2 Å². The molecule has 0 aromatic heterocycles. The molecule has 2 aromatic carbocycles. The van der Waals surface area contributed by atoms with Gasteiger partial charge in [0.05, 0.1) is 5.57 Å². The number of ether oxygens (including phenoxy) is 1. The molecule has 5 heteroatoms. The zero-order valence-electron chi connectivity index (χ0n) is 11.6. The van der Waals surface area contributed by atoms with E-state index >= 15 is 0 Å². The van der Waals surface area contributed by atoms with Gasteiger partial charge in [0.15, 0.2) is 0 Å². The van der Waals surface area contributed by atoms with Gasteiger partial charge in [-0.3, -0.25) is 0 Å². The fraction of sp³-hybridized carbons (Fsp3) is 0.0588. The van der Waals surface area contributed by atoms with E-state index in [1.54, 1.807) is 6.08 Å². The van der Waals surface area contributed by atoms with Crippen LogP contribution in [0.3, 0.4) is 0 Å². The van der Waals surface area contributed by atoms with Crippen LogP contribution < -0.4 is 10.5 Å². The molecule has 2 aromatic rings. The molecule has 0 atom stereocenters. The SMILES string of the molecule is N#C/C(=C\c1cccc(OCc2ccccc2Cl)c1)C(N)=S. The van der Waals surface area contributed by atoms with Crippen molar-refractivity contribution in [3.63, 3.8) is 0 Å². The highest BCUT2D eigenvalue weighted by Crippen LogP contribution is 2.20. The number of nitrogens with zero attached hydrogens (tertiary/aromatic N) is 1. The number of hydrogen-bond donors (Lipinski definition) is 1. The summed E-state index contributed by atoms with van der Waals surface area (Å²) in [6.07, 6.45) is 1.63. The van der Waals surface area contributed by atoms with Gasteiger partial charge in [-0.25, -0.2) is 0 Å². The fourth-order valence-electron chi connectivity index (χ4n) is 1.80. The number of nitriles is 1. The summed E-state index contributed by atoms with van der Waals surface area (Å²) in [5, 5.41) is 9.64. The minimum Gasteiger partial charge on any atom is -0.489 e. The van der Waals surface area contributed by atoms with E-state index in [4.69, 9.17) is 39.6 Å². The van der Waals surface area contributed by atoms with Crippen molar-refractivity contribution in [2.75, 3.05) is 0 Å². The summed E-state index contributed by atoms with van der Waals surface area (Å²) >= 11 is 10.9. The van der Waals surface area contributed by atoms with Crippen molar-refractivity contribution in [1.82, 2.24) is 0 Å². The molecular weight excluding hydrogens is 316 g/mol. The van der Waals surface area contributed by atoms with Crippen LogP contribution in [0.25, 0.3) is 6.08 Å². The molecule has 0 amide bonds. The summed E-state index contributed by atoms with van der Waals surface area (Å²) < 4.78 is 5.73. The summed E-state index contributed by atoms with van der Waals surface area (Å²) in [6, 6.07) is 16.8. The van der Waals surface area contributed by atoms with E-state index in [0.717, 1.165) is 11.1 Å². The summed E-state index contributed by atoms with van der Waals surface area (Å²) in [5.74, 6) is 0.675. The van der Waals surface area contributed by atoms with E-state index in [2.05, 4.69) is 0 Å². The van der Waals surface area contributed by atoms with Gasteiger partial charge in [0.25, 0.3) is 0 Å². The third-order valence-electron chi connectivity index (χ3n) is 2.91. The quantitative estimate of drug-likeness (QED) is 0.509. The largest absolute Gasteiger partial charge is 0.489 e. The first-order valence-electron chi connectivity index (χ1n) is 6.48. The average Bonchev–Trinajstić information content (AvgIpc) is 2.52. The third kappa shape index (κ3) is 4.32.